The second kappa shape index (κ2) is 7.36. The van der Waals surface area contributed by atoms with Crippen molar-refractivity contribution in [3.05, 3.63) is 52.5 Å². The Hall–Kier alpha value is -2.94. The maximum atomic E-state index is 12.8. The number of urea groups is 1. The number of hydrogen-bond donors (Lipinski definition) is 4. The number of imidazole rings is 1. The average molecular weight is 398 g/mol. The van der Waals surface area contributed by atoms with E-state index >= 15 is 0 Å². The number of carbonyl (C=O) groups is 1. The van der Waals surface area contributed by atoms with Crippen LogP contribution < -0.4 is 16.4 Å². The lowest BCUT2D eigenvalue weighted by molar-refractivity contribution is -0.137. The van der Waals surface area contributed by atoms with Crippen LogP contribution in [0, 0.1) is 0 Å². The maximum Gasteiger partial charge on any atom is 0.417 e. The number of nitrogens with two attached hydrogens (primary N) is 1. The van der Waals surface area contributed by atoms with E-state index in [-0.39, 0.29) is 12.2 Å². The molecule has 3 aromatic rings. The molecule has 6 nitrogen and oxygen atoms in total. The molecule has 10 heteroatoms. The average Bonchev–Trinajstić information content (AvgIpc) is 2.95. The molecule has 3 rings (SSSR count). The van der Waals surface area contributed by atoms with E-state index in [0.717, 1.165) is 28.7 Å². The van der Waals surface area contributed by atoms with E-state index in [1.54, 1.807) is 0 Å². The van der Waals surface area contributed by atoms with Gasteiger partial charge in [0.1, 0.15) is 0 Å². The number of nitrogen functional groups attached to an aromatic ring is 1. The third-order valence-corrected chi connectivity index (χ3v) is 4.12. The standard InChI is InChI=1S/C17H15ClF3N5O/c18-12-3-2-10(8-11(12)17(19,20)21)24-16(27)23-6-5-9-1-4-13-14(7-9)26-15(22)25-13/h1-4,7-8H,5-6H2,(H3,22,25,26)(H2,23,24,27). The molecule has 142 valence electrons. The van der Waals surface area contributed by atoms with Crippen molar-refractivity contribution in [2.24, 2.45) is 0 Å². The van der Waals surface area contributed by atoms with Crippen molar-refractivity contribution in [1.82, 2.24) is 15.3 Å². The number of nitrogens with zero attached hydrogens (tertiary/aromatic N) is 1. The zero-order valence-corrected chi connectivity index (χ0v) is 14.6. The fourth-order valence-corrected chi connectivity index (χ4v) is 2.77. The Morgan fingerprint density at radius 2 is 2.00 bits per heavy atom. The number of carbonyl (C=O) groups excluding carboxylic acids is 1. The number of nitrogens with one attached hydrogen (secondary N) is 3. The van der Waals surface area contributed by atoms with Crippen LogP contribution in [0.1, 0.15) is 11.1 Å². The largest absolute Gasteiger partial charge is 0.417 e. The van der Waals surface area contributed by atoms with Gasteiger partial charge in [-0.05, 0) is 42.3 Å². The Morgan fingerprint density at radius 3 is 2.74 bits per heavy atom. The van der Waals surface area contributed by atoms with Crippen molar-refractivity contribution in [1.29, 1.82) is 0 Å². The number of halogens is 4. The van der Waals surface area contributed by atoms with Gasteiger partial charge in [-0.15, -0.1) is 0 Å². The minimum Gasteiger partial charge on any atom is -0.369 e. The molecule has 0 spiro atoms. The molecule has 0 aliphatic carbocycles. The lowest BCUT2D eigenvalue weighted by Crippen LogP contribution is -2.30. The normalized spacial score (nSPS) is 11.6. The molecule has 0 atom stereocenters. The first kappa shape index (κ1) is 18.8. The van der Waals surface area contributed by atoms with Gasteiger partial charge in [-0.3, -0.25) is 0 Å². The van der Waals surface area contributed by atoms with Crippen molar-refractivity contribution >= 4 is 40.3 Å². The first-order chi connectivity index (χ1) is 12.7. The van der Waals surface area contributed by atoms with E-state index in [2.05, 4.69) is 20.6 Å². The van der Waals surface area contributed by atoms with E-state index in [9.17, 15) is 18.0 Å². The topological polar surface area (TPSA) is 95.8 Å². The van der Waals surface area contributed by atoms with Crippen molar-refractivity contribution in [2.45, 2.75) is 12.6 Å². The molecule has 1 heterocycles. The number of H-pyrrole nitrogens is 1. The van der Waals surface area contributed by atoms with Crippen molar-refractivity contribution in [3.63, 3.8) is 0 Å². The van der Waals surface area contributed by atoms with Gasteiger partial charge in [0.2, 0.25) is 0 Å². The summed E-state index contributed by atoms with van der Waals surface area (Å²) in [5.74, 6) is 0.320. The van der Waals surface area contributed by atoms with Crippen LogP contribution in [0.15, 0.2) is 36.4 Å². The molecule has 0 saturated carbocycles. The van der Waals surface area contributed by atoms with Gasteiger partial charge in [0, 0.05) is 12.2 Å². The Balaban J connectivity index is 1.56. The molecule has 0 radical (unpaired) electrons. The fraction of sp³-hybridized carbons (Fsp3) is 0.176. The highest BCUT2D eigenvalue weighted by molar-refractivity contribution is 6.31. The smallest absolute Gasteiger partial charge is 0.369 e. The van der Waals surface area contributed by atoms with E-state index in [1.807, 2.05) is 18.2 Å². The molecule has 27 heavy (non-hydrogen) atoms. The molecule has 0 unspecified atom stereocenters. The van der Waals surface area contributed by atoms with E-state index in [0.29, 0.717) is 12.4 Å². The van der Waals surface area contributed by atoms with Crippen LogP contribution in [0.2, 0.25) is 5.02 Å². The fourth-order valence-electron chi connectivity index (χ4n) is 2.54. The van der Waals surface area contributed by atoms with Crippen LogP contribution in [0.25, 0.3) is 11.0 Å². The first-order valence-corrected chi connectivity index (χ1v) is 8.26. The summed E-state index contributed by atoms with van der Waals surface area (Å²) in [6.45, 7) is 0.289. The summed E-state index contributed by atoms with van der Waals surface area (Å²) in [5.41, 5.74) is 7.04. The second-order valence-corrected chi connectivity index (χ2v) is 6.20. The molecule has 0 aliphatic rings. The Labute approximate surface area is 156 Å². The molecule has 0 saturated heterocycles. The lowest BCUT2D eigenvalue weighted by atomic mass is 10.1. The lowest BCUT2D eigenvalue weighted by Gasteiger charge is -2.12. The van der Waals surface area contributed by atoms with E-state index in [4.69, 9.17) is 17.3 Å². The molecular weight excluding hydrogens is 383 g/mol. The Bertz CT molecular complexity index is 986. The van der Waals surface area contributed by atoms with Crippen LogP contribution in [0.4, 0.5) is 29.6 Å². The van der Waals surface area contributed by atoms with Crippen LogP contribution in [-0.4, -0.2) is 22.5 Å². The van der Waals surface area contributed by atoms with Crippen LogP contribution in [0.3, 0.4) is 0 Å². The number of anilines is 2. The number of aromatic amines is 1. The summed E-state index contributed by atoms with van der Waals surface area (Å²) in [5, 5.41) is 4.52. The molecule has 2 amide bonds. The zero-order chi connectivity index (χ0) is 19.6. The highest BCUT2D eigenvalue weighted by Gasteiger charge is 2.33. The van der Waals surface area contributed by atoms with Gasteiger partial charge in [-0.2, -0.15) is 13.2 Å². The van der Waals surface area contributed by atoms with Gasteiger partial charge in [-0.25, -0.2) is 9.78 Å². The first-order valence-electron chi connectivity index (χ1n) is 7.88. The minimum absolute atomic E-state index is 0.00218. The van der Waals surface area contributed by atoms with Gasteiger partial charge >= 0.3 is 12.2 Å². The van der Waals surface area contributed by atoms with Crippen molar-refractivity contribution in [3.8, 4) is 0 Å². The van der Waals surface area contributed by atoms with Crippen LogP contribution >= 0.6 is 11.6 Å². The highest BCUT2D eigenvalue weighted by Crippen LogP contribution is 2.36. The summed E-state index contributed by atoms with van der Waals surface area (Å²) in [4.78, 5) is 18.9. The van der Waals surface area contributed by atoms with E-state index < -0.39 is 22.8 Å². The minimum atomic E-state index is -4.60. The van der Waals surface area contributed by atoms with Gasteiger partial charge in [0.25, 0.3) is 0 Å². The third-order valence-electron chi connectivity index (χ3n) is 3.79. The van der Waals surface area contributed by atoms with Crippen LogP contribution in [0.5, 0.6) is 0 Å². The zero-order valence-electron chi connectivity index (χ0n) is 13.8. The SMILES string of the molecule is Nc1nc2cc(CCNC(=O)Nc3ccc(Cl)c(C(F)(F)F)c3)ccc2[nH]1. The number of hydrogen-bond acceptors (Lipinski definition) is 3. The predicted octanol–water partition coefficient (Wildman–Crippen LogP) is 4.18. The second-order valence-electron chi connectivity index (χ2n) is 5.80. The highest BCUT2D eigenvalue weighted by atomic mass is 35.5. The maximum absolute atomic E-state index is 12.8. The monoisotopic (exact) mass is 397 g/mol. The summed E-state index contributed by atoms with van der Waals surface area (Å²) < 4.78 is 38.5. The predicted molar refractivity (Wildman–Crippen MR) is 97.7 cm³/mol. The Kier molecular flexibility index (Phi) is 5.13. The van der Waals surface area contributed by atoms with Crippen molar-refractivity contribution < 1.29 is 18.0 Å². The number of amides is 2. The quantitative estimate of drug-likeness (QED) is 0.531. The summed E-state index contributed by atoms with van der Waals surface area (Å²) >= 11 is 5.55. The molecule has 2 aromatic carbocycles. The molecular formula is C17H15ClF3N5O. The molecule has 0 fully saturated rings. The third kappa shape index (κ3) is 4.62. The van der Waals surface area contributed by atoms with Crippen molar-refractivity contribution in [2.75, 3.05) is 17.6 Å². The summed E-state index contributed by atoms with van der Waals surface area (Å²) in [7, 11) is 0. The Morgan fingerprint density at radius 1 is 1.22 bits per heavy atom. The molecule has 0 bridgehead atoms. The molecule has 0 aliphatic heterocycles. The van der Waals surface area contributed by atoms with Gasteiger partial charge in [0.15, 0.2) is 5.95 Å². The summed E-state index contributed by atoms with van der Waals surface area (Å²) in [6, 6.07) is 8.11. The number of aromatic nitrogens is 2. The van der Waals surface area contributed by atoms with Crippen LogP contribution in [-0.2, 0) is 12.6 Å². The van der Waals surface area contributed by atoms with E-state index in [1.165, 1.54) is 6.07 Å². The van der Waals surface area contributed by atoms with Gasteiger partial charge in [0.05, 0.1) is 21.6 Å². The number of rotatable bonds is 4. The summed E-state index contributed by atoms with van der Waals surface area (Å²) in [6.07, 6.45) is -4.08. The number of fused-ring (bicyclic) bond motifs is 1. The number of alkyl halides is 3. The molecule has 5 N–H and O–H groups in total. The molecule has 1 aromatic heterocycles. The van der Waals surface area contributed by atoms with Gasteiger partial charge < -0.3 is 21.4 Å². The number of benzene rings is 2. The van der Waals surface area contributed by atoms with Gasteiger partial charge in [-0.1, -0.05) is 17.7 Å².